The maximum atomic E-state index is 12.4. The molecule has 0 aliphatic rings. The first kappa shape index (κ1) is 30.8. The topological polar surface area (TPSA) is 335 Å². The van der Waals surface area contributed by atoms with Gasteiger partial charge in [0.2, 0.25) is 0 Å². The van der Waals surface area contributed by atoms with Gasteiger partial charge in [0.15, 0.2) is 0 Å². The van der Waals surface area contributed by atoms with Crippen LogP contribution in [0.3, 0.4) is 0 Å². The van der Waals surface area contributed by atoms with Crippen molar-refractivity contribution in [3.63, 3.8) is 0 Å². The van der Waals surface area contributed by atoms with Crippen LogP contribution < -0.4 is 11.5 Å². The number of hydrogen-bond acceptors (Lipinski definition) is 14. The van der Waals surface area contributed by atoms with Gasteiger partial charge in [-0.05, 0) is 12.1 Å². The Kier molecular flexibility index (Phi) is 7.11. The molecule has 22 heteroatoms. The predicted molar refractivity (Wildman–Crippen MR) is 143 cm³/mol. The van der Waals surface area contributed by atoms with Crippen LogP contribution in [-0.2, 0) is 40.5 Å². The number of phenols is 2. The highest BCUT2D eigenvalue weighted by Crippen LogP contribution is 2.49. The second-order valence-electron chi connectivity index (χ2n) is 8.34. The molecule has 4 aromatic rings. The summed E-state index contributed by atoms with van der Waals surface area (Å²) in [5.41, 5.74) is 6.48. The van der Waals surface area contributed by atoms with Crippen molar-refractivity contribution >= 4 is 84.8 Å². The summed E-state index contributed by atoms with van der Waals surface area (Å²) in [5.74, 6) is -1.65. The van der Waals surface area contributed by atoms with Crippen LogP contribution in [0.1, 0.15) is 0 Å². The van der Waals surface area contributed by atoms with Gasteiger partial charge in [0.1, 0.15) is 42.5 Å². The van der Waals surface area contributed by atoms with E-state index in [2.05, 4.69) is 10.2 Å². The third-order valence-corrected chi connectivity index (χ3v) is 9.46. The zero-order chi connectivity index (χ0) is 31.7. The molecule has 0 unspecified atom stereocenters. The molecule has 0 aromatic heterocycles. The number of anilines is 2. The van der Waals surface area contributed by atoms with Crippen LogP contribution in [-0.4, -0.2) is 62.1 Å². The average Bonchev–Trinajstić information content (AvgIpc) is 2.79. The summed E-state index contributed by atoms with van der Waals surface area (Å²) in [6.45, 7) is 0. The maximum absolute atomic E-state index is 12.4. The lowest BCUT2D eigenvalue weighted by molar-refractivity contribution is 0.475. The van der Waals surface area contributed by atoms with E-state index in [1.54, 1.807) is 0 Å². The molecule has 0 saturated heterocycles. The minimum Gasteiger partial charge on any atom is -0.507 e. The van der Waals surface area contributed by atoms with Crippen molar-refractivity contribution in [3.05, 3.63) is 36.4 Å². The van der Waals surface area contributed by atoms with Gasteiger partial charge in [0, 0.05) is 21.5 Å². The molecule has 0 saturated carbocycles. The van der Waals surface area contributed by atoms with E-state index >= 15 is 0 Å². The third-order valence-electron chi connectivity index (χ3n) is 5.74. The first-order chi connectivity index (χ1) is 19.1. The average molecular weight is 665 g/mol. The third kappa shape index (κ3) is 5.05. The maximum Gasteiger partial charge on any atom is 0.298 e. The first-order valence-corrected chi connectivity index (χ1v) is 16.3. The van der Waals surface area contributed by atoms with Crippen molar-refractivity contribution in [2.45, 2.75) is 19.6 Å². The molecular weight excluding hydrogens is 649 g/mol. The molecule has 0 bridgehead atoms. The van der Waals surface area contributed by atoms with Crippen LogP contribution in [0.2, 0.25) is 0 Å². The number of nitrogens with zero attached hydrogens (tertiary/aromatic N) is 2. The molecule has 0 spiro atoms. The van der Waals surface area contributed by atoms with Crippen molar-refractivity contribution in [2.24, 2.45) is 10.2 Å². The molecule has 0 fully saturated rings. The Labute approximate surface area is 235 Å². The summed E-state index contributed by atoms with van der Waals surface area (Å²) >= 11 is 0. The summed E-state index contributed by atoms with van der Waals surface area (Å²) in [6, 6.07) is 5.75. The van der Waals surface area contributed by atoms with E-state index in [0.29, 0.717) is 0 Å². The number of phenolic OH excluding ortho intramolecular Hbond substituents is 2. The van der Waals surface area contributed by atoms with Gasteiger partial charge in [-0.2, -0.15) is 33.7 Å². The van der Waals surface area contributed by atoms with E-state index in [1.165, 1.54) is 0 Å². The molecule has 4 rings (SSSR count). The fourth-order valence-electron chi connectivity index (χ4n) is 4.29. The van der Waals surface area contributed by atoms with Crippen LogP contribution in [0.25, 0.3) is 21.5 Å². The molecule has 0 amide bonds. The van der Waals surface area contributed by atoms with Gasteiger partial charge in [-0.3, -0.25) is 18.2 Å². The lowest BCUT2D eigenvalue weighted by Crippen LogP contribution is -2.10. The van der Waals surface area contributed by atoms with Crippen molar-refractivity contribution in [1.29, 1.82) is 0 Å². The highest BCUT2D eigenvalue weighted by molar-refractivity contribution is 7.87. The molecule has 10 N–H and O–H groups in total. The molecule has 42 heavy (non-hydrogen) atoms. The summed E-state index contributed by atoms with van der Waals surface area (Å²) < 4.78 is 139. The number of aromatic hydroxyl groups is 2. The zero-order valence-electron chi connectivity index (χ0n) is 20.1. The summed E-state index contributed by atoms with van der Waals surface area (Å²) in [7, 11) is -22.5. The number of nitrogens with two attached hydrogens (primary N) is 2. The Bertz CT molecular complexity index is 2170. The highest BCUT2D eigenvalue weighted by atomic mass is 32.2. The van der Waals surface area contributed by atoms with Gasteiger partial charge < -0.3 is 21.7 Å². The Hall–Kier alpha value is -4.16. The number of azo groups is 1. The molecule has 224 valence electrons. The largest absolute Gasteiger partial charge is 0.507 e. The number of hydrogen-bond donors (Lipinski definition) is 8. The number of nitrogen functional groups attached to an aromatic ring is 2. The van der Waals surface area contributed by atoms with Crippen molar-refractivity contribution in [3.8, 4) is 11.5 Å². The second-order valence-corrected chi connectivity index (χ2v) is 13.8. The molecule has 0 aliphatic carbocycles. The minimum absolute atomic E-state index is 0.690. The SMILES string of the molecule is Nc1c(S(=O)(=O)O)c(N=Nc2c(S(=O)(=O)O)c(N)c3c(O)cccc3c2S(=O)(=O)O)c(S(=O)(=O)O)c2cccc(O)c12. The molecule has 0 aliphatic heterocycles. The monoisotopic (exact) mass is 664 g/mol. The molecular formula is C20H16N4O14S4. The normalized spacial score (nSPS) is 13.3. The van der Waals surface area contributed by atoms with E-state index in [0.717, 1.165) is 36.4 Å². The lowest BCUT2D eigenvalue weighted by atomic mass is 10.1. The Morgan fingerprint density at radius 3 is 1.05 bits per heavy atom. The van der Waals surface area contributed by atoms with Crippen LogP contribution in [0.15, 0.2) is 66.2 Å². The van der Waals surface area contributed by atoms with Gasteiger partial charge >= 0.3 is 0 Å². The van der Waals surface area contributed by atoms with E-state index in [4.69, 9.17) is 11.5 Å². The predicted octanol–water partition coefficient (Wildman–Crippen LogP) is 1.97. The van der Waals surface area contributed by atoms with Gasteiger partial charge in [-0.15, -0.1) is 10.2 Å². The fraction of sp³-hybridized carbons (Fsp3) is 0. The lowest BCUT2D eigenvalue weighted by Gasteiger charge is -2.16. The molecule has 18 nitrogen and oxygen atoms in total. The zero-order valence-corrected chi connectivity index (χ0v) is 23.4. The fourth-order valence-corrected chi connectivity index (χ4v) is 7.63. The number of fused-ring (bicyclic) bond motifs is 2. The number of benzene rings is 4. The van der Waals surface area contributed by atoms with E-state index in [-0.39, 0.29) is 0 Å². The van der Waals surface area contributed by atoms with E-state index < -0.39 is 116 Å². The van der Waals surface area contributed by atoms with Gasteiger partial charge in [-0.25, -0.2) is 0 Å². The van der Waals surface area contributed by atoms with Crippen molar-refractivity contribution in [1.82, 2.24) is 0 Å². The molecule has 0 heterocycles. The van der Waals surface area contributed by atoms with Crippen molar-refractivity contribution in [2.75, 3.05) is 11.5 Å². The quantitative estimate of drug-likeness (QED) is 0.0829. The van der Waals surface area contributed by atoms with Crippen LogP contribution in [0.4, 0.5) is 22.7 Å². The Balaban J connectivity index is 2.35. The Morgan fingerprint density at radius 1 is 0.500 bits per heavy atom. The van der Waals surface area contributed by atoms with Gasteiger partial charge in [0.05, 0.1) is 11.4 Å². The summed E-state index contributed by atoms with van der Waals surface area (Å²) in [4.78, 5) is -6.12. The molecule has 4 aromatic carbocycles. The standard InChI is InChI=1S/C20H16N4O14S4/c21-13-11-7(3-1-5-9(11)25)17(39(27,28)29)15(19(13)41(33,34)35)23-24-16-18(40(30,31)32)8-4-2-6-10(26)12(8)14(22)20(16)42(36,37)38/h1-6,25-26H,21-22H2,(H,27,28,29)(H,30,31,32)(H,33,34,35)(H,36,37,38). The van der Waals surface area contributed by atoms with Crippen LogP contribution in [0, 0.1) is 0 Å². The summed E-state index contributed by atoms with van der Waals surface area (Å²) in [5, 5.41) is 24.2. The van der Waals surface area contributed by atoms with Crippen molar-refractivity contribution < 1.29 is 62.1 Å². The van der Waals surface area contributed by atoms with Gasteiger partial charge in [-0.1, -0.05) is 24.3 Å². The minimum atomic E-state index is -5.64. The van der Waals surface area contributed by atoms with Gasteiger partial charge in [0.25, 0.3) is 40.5 Å². The first-order valence-electron chi connectivity index (χ1n) is 10.5. The van der Waals surface area contributed by atoms with E-state index in [1.807, 2.05) is 0 Å². The van der Waals surface area contributed by atoms with Crippen LogP contribution in [0.5, 0.6) is 11.5 Å². The molecule has 0 atom stereocenters. The Morgan fingerprint density at radius 2 is 0.786 bits per heavy atom. The van der Waals surface area contributed by atoms with Crippen LogP contribution >= 0.6 is 0 Å². The molecule has 0 radical (unpaired) electrons. The summed E-state index contributed by atoms with van der Waals surface area (Å²) in [6.07, 6.45) is 0. The smallest absolute Gasteiger partial charge is 0.298 e. The van der Waals surface area contributed by atoms with E-state index in [9.17, 15) is 62.1 Å². The second kappa shape index (κ2) is 9.70. The number of rotatable bonds is 6. The highest BCUT2D eigenvalue weighted by Gasteiger charge is 2.35.